The Balaban J connectivity index is 0.000000142. The number of aryl methyl sites for hydroxylation is 1. The molecule has 540 valence electrons. The molecular weight excluding hydrogens is 1470 g/mol. The van der Waals surface area contributed by atoms with Gasteiger partial charge in [-0.25, -0.2) is 18.8 Å². The number of halogens is 3. The predicted octanol–water partition coefficient (Wildman–Crippen LogP) is 16.8. The van der Waals surface area contributed by atoms with Crippen molar-refractivity contribution in [2.45, 2.75) is 55.9 Å². The van der Waals surface area contributed by atoms with Crippen LogP contribution in [-0.2, 0) is 19.6 Å². The minimum atomic E-state index is -0.759. The number of aromatic hydroxyl groups is 3. The summed E-state index contributed by atoms with van der Waals surface area (Å²) < 4.78 is 62.4. The van der Waals surface area contributed by atoms with Crippen LogP contribution in [0.5, 0.6) is 46.0 Å². The van der Waals surface area contributed by atoms with Gasteiger partial charge in [0.2, 0.25) is 0 Å². The molecule has 15 aromatic rings. The molecule has 0 bridgehead atoms. The first kappa shape index (κ1) is 73.5. The standard InChI is InChI=1S/2C27H20ClNO6S.C27H20FNO5S/c1-33-17-7-3-5-15(11-17)14-29-21-13-18(34-2)9-10-20(21)24-22(26(29)31)23(30)25(27(32)35-24)36-19-8-4-6-16(28)12-19;1-33-17-5-3-4-15(12-17)14-29-21-13-18(34-2)8-11-20(21)24-22(26(29)31)23(30)25(27(32)35-24)36-19-9-6-16(28)7-10-19;1-15-6-5-8-18(12-15)35-25-23(30)22-24(34-27(25)32)19-11-10-17(33-2)13-21(19)29(26(22)31)14-16-7-3-4-9-20(16)28/h2*3-13,30H,14H2,1-2H3;3-13,30H,14H2,1-2H3. The summed E-state index contributed by atoms with van der Waals surface area (Å²) in [4.78, 5) is 81.9. The molecule has 0 amide bonds. The van der Waals surface area contributed by atoms with Gasteiger partial charge in [0.1, 0.15) is 65.4 Å². The average Bonchev–Trinajstić information content (AvgIpc) is 0.746. The van der Waals surface area contributed by atoms with Crippen LogP contribution < -0.4 is 57.2 Å². The number of benzene rings is 9. The van der Waals surface area contributed by atoms with E-state index in [1.54, 1.807) is 142 Å². The third kappa shape index (κ3) is 15.1. The summed E-state index contributed by atoms with van der Waals surface area (Å²) in [5.41, 5.74) is 0.364. The third-order valence-electron chi connectivity index (χ3n) is 17.3. The second kappa shape index (κ2) is 31.5. The van der Waals surface area contributed by atoms with E-state index < -0.39 is 56.6 Å². The van der Waals surface area contributed by atoms with Crippen molar-refractivity contribution in [3.8, 4) is 46.0 Å². The highest BCUT2D eigenvalue weighted by Crippen LogP contribution is 2.42. The zero-order valence-electron chi connectivity index (χ0n) is 57.4. The molecule has 0 aliphatic rings. The summed E-state index contributed by atoms with van der Waals surface area (Å²) in [5.74, 6) is 1.04. The van der Waals surface area contributed by atoms with E-state index in [1.165, 1.54) is 41.1 Å². The van der Waals surface area contributed by atoms with Crippen LogP contribution in [0.4, 0.5) is 4.39 Å². The van der Waals surface area contributed by atoms with Gasteiger partial charge in [-0.05, 0) is 139 Å². The molecule has 0 fully saturated rings. The molecule has 0 unspecified atom stereocenters. The summed E-state index contributed by atoms with van der Waals surface area (Å²) in [7, 11) is 7.68. The van der Waals surface area contributed by atoms with E-state index in [0.717, 1.165) is 52.0 Å². The van der Waals surface area contributed by atoms with Crippen LogP contribution in [0.2, 0.25) is 10.0 Å². The lowest BCUT2D eigenvalue weighted by atomic mass is 10.1. The molecule has 26 heteroatoms. The molecule has 3 N–H and O–H groups in total. The van der Waals surface area contributed by atoms with Gasteiger partial charge < -0.3 is 66.0 Å². The molecule has 15 rings (SSSR count). The Morgan fingerprint density at radius 1 is 0.383 bits per heavy atom. The SMILES string of the molecule is COc1ccc2c3oc(=O)c(Sc4cccc(C)c4)c(O)c3c(=O)n(Cc3ccccc3F)c2c1.COc1cccc(Cn2c(=O)c3c(O)c(Sc4ccc(Cl)cc4)c(=O)oc3c3ccc(OC)cc32)c1.COc1cccc(Cn2c(=O)c3c(O)c(Sc4cccc(Cl)c4)c(=O)oc3c3ccc(OC)cc32)c1. The summed E-state index contributed by atoms with van der Waals surface area (Å²) >= 11 is 15.0. The molecule has 0 saturated carbocycles. The first-order valence-corrected chi connectivity index (χ1v) is 35.7. The van der Waals surface area contributed by atoms with Crippen LogP contribution in [0, 0.1) is 12.7 Å². The highest BCUT2D eigenvalue weighted by Gasteiger charge is 2.27. The monoisotopic (exact) mass is 1530 g/mol. The Morgan fingerprint density at radius 2 is 0.757 bits per heavy atom. The lowest BCUT2D eigenvalue weighted by molar-refractivity contribution is 0.414. The minimum Gasteiger partial charge on any atom is -0.505 e. The number of ether oxygens (including phenoxy) is 5. The highest BCUT2D eigenvalue weighted by atomic mass is 35.5. The van der Waals surface area contributed by atoms with E-state index in [9.17, 15) is 48.5 Å². The van der Waals surface area contributed by atoms with Crippen molar-refractivity contribution in [2.24, 2.45) is 0 Å². The van der Waals surface area contributed by atoms with Crippen LogP contribution in [0.3, 0.4) is 0 Å². The van der Waals surface area contributed by atoms with Crippen LogP contribution >= 0.6 is 58.5 Å². The number of fused-ring (bicyclic) bond motifs is 9. The number of hydrogen-bond donors (Lipinski definition) is 3. The van der Waals surface area contributed by atoms with Crippen LogP contribution in [0.15, 0.2) is 272 Å². The van der Waals surface area contributed by atoms with Crippen LogP contribution in [0.25, 0.3) is 65.6 Å². The maximum absolute atomic E-state index is 14.5. The van der Waals surface area contributed by atoms with Crippen LogP contribution in [-0.4, -0.2) is 64.6 Å². The van der Waals surface area contributed by atoms with Crippen molar-refractivity contribution >= 4 is 124 Å². The maximum atomic E-state index is 14.5. The molecule has 0 aliphatic heterocycles. The second-order valence-corrected chi connectivity index (χ2v) is 28.1. The number of methoxy groups -OCH3 is 5. The van der Waals surface area contributed by atoms with Crippen molar-refractivity contribution in [3.05, 3.63) is 301 Å². The van der Waals surface area contributed by atoms with Gasteiger partial charge in [-0.2, -0.15) is 0 Å². The van der Waals surface area contributed by atoms with E-state index in [0.29, 0.717) is 91.8 Å². The number of rotatable bonds is 17. The van der Waals surface area contributed by atoms with E-state index in [2.05, 4.69) is 0 Å². The molecule has 6 heterocycles. The molecule has 0 atom stereocenters. The van der Waals surface area contributed by atoms with E-state index in [4.69, 9.17) is 60.1 Å². The van der Waals surface area contributed by atoms with Gasteiger partial charge in [0, 0.05) is 64.7 Å². The van der Waals surface area contributed by atoms with Gasteiger partial charge >= 0.3 is 16.9 Å². The van der Waals surface area contributed by atoms with Crippen molar-refractivity contribution in [2.75, 3.05) is 35.5 Å². The first-order valence-electron chi connectivity index (χ1n) is 32.5. The van der Waals surface area contributed by atoms with Gasteiger partial charge in [0.05, 0.1) is 71.7 Å². The van der Waals surface area contributed by atoms with Gasteiger partial charge in [0.25, 0.3) is 16.7 Å². The second-order valence-electron chi connectivity index (χ2n) is 24.0. The van der Waals surface area contributed by atoms with Crippen molar-refractivity contribution in [1.29, 1.82) is 0 Å². The van der Waals surface area contributed by atoms with E-state index in [1.807, 2.05) is 73.7 Å². The molecular formula is C81H60Cl2FN3O17S3. The molecule has 0 saturated heterocycles. The Morgan fingerprint density at radius 3 is 1.16 bits per heavy atom. The van der Waals surface area contributed by atoms with Gasteiger partial charge in [-0.15, -0.1) is 0 Å². The summed E-state index contributed by atoms with van der Waals surface area (Å²) in [5, 5.41) is 35.7. The first-order chi connectivity index (χ1) is 51.6. The molecule has 0 radical (unpaired) electrons. The Bertz CT molecular complexity index is 6420. The maximum Gasteiger partial charge on any atom is 0.354 e. The van der Waals surface area contributed by atoms with Gasteiger partial charge in [0.15, 0.2) is 34.0 Å². The Hall–Kier alpha value is -11.8. The fraction of sp³-hybridized carbons (Fsp3) is 0.111. The number of aromatic nitrogens is 3. The largest absolute Gasteiger partial charge is 0.505 e. The van der Waals surface area contributed by atoms with Crippen molar-refractivity contribution in [1.82, 2.24) is 13.7 Å². The minimum absolute atomic E-state index is 0.0116. The van der Waals surface area contributed by atoms with Crippen molar-refractivity contribution in [3.63, 3.8) is 0 Å². The number of nitrogens with zero attached hydrogens (tertiary/aromatic N) is 3. The zero-order valence-corrected chi connectivity index (χ0v) is 61.4. The lowest BCUT2D eigenvalue weighted by Crippen LogP contribution is -2.23. The fourth-order valence-electron chi connectivity index (χ4n) is 12.1. The van der Waals surface area contributed by atoms with E-state index >= 15 is 0 Å². The van der Waals surface area contributed by atoms with Gasteiger partial charge in [-0.3, -0.25) is 14.4 Å². The Labute approximate surface area is 628 Å². The molecule has 6 aromatic heterocycles. The normalized spacial score (nSPS) is 11.2. The summed E-state index contributed by atoms with van der Waals surface area (Å²) in [6.07, 6.45) is 0. The van der Waals surface area contributed by atoms with Crippen LogP contribution in [0.1, 0.15) is 22.3 Å². The van der Waals surface area contributed by atoms with Crippen molar-refractivity contribution < 1.29 is 56.6 Å². The summed E-state index contributed by atoms with van der Waals surface area (Å²) in [6, 6.07) is 57.0. The Kier molecular flexibility index (Phi) is 21.6. The highest BCUT2D eigenvalue weighted by molar-refractivity contribution is 8.00. The zero-order chi connectivity index (χ0) is 75.5. The molecule has 9 aromatic carbocycles. The molecule has 0 spiro atoms. The van der Waals surface area contributed by atoms with E-state index in [-0.39, 0.29) is 67.2 Å². The quantitative estimate of drug-likeness (QED) is 0.0715. The molecule has 20 nitrogen and oxygen atoms in total. The molecule has 107 heavy (non-hydrogen) atoms. The summed E-state index contributed by atoms with van der Waals surface area (Å²) in [6.45, 7) is 2.19. The average molecular weight is 1530 g/mol. The lowest BCUT2D eigenvalue weighted by Gasteiger charge is -2.15. The predicted molar refractivity (Wildman–Crippen MR) is 414 cm³/mol. The van der Waals surface area contributed by atoms with Gasteiger partial charge in [-0.1, -0.05) is 125 Å². The fourth-order valence-corrected chi connectivity index (χ4v) is 15.1. The number of pyridine rings is 3. The topological polar surface area (TPSA) is 263 Å². The third-order valence-corrected chi connectivity index (χ3v) is 20.9. The molecule has 0 aliphatic carbocycles. The smallest absolute Gasteiger partial charge is 0.354 e. The number of hydrogen-bond acceptors (Lipinski definition) is 20.